The summed E-state index contributed by atoms with van der Waals surface area (Å²) in [4.78, 5) is 7.18. The van der Waals surface area contributed by atoms with E-state index >= 15 is 0 Å². The van der Waals surface area contributed by atoms with Gasteiger partial charge in [0.2, 0.25) is 0 Å². The minimum absolute atomic E-state index is 0. The molecule has 1 fully saturated rings. The van der Waals surface area contributed by atoms with E-state index in [-0.39, 0.29) is 24.0 Å². The predicted octanol–water partition coefficient (Wildman–Crippen LogP) is 3.86. The highest BCUT2D eigenvalue weighted by molar-refractivity contribution is 14.0. The number of benzene rings is 1. The molecule has 0 spiro atoms. The summed E-state index contributed by atoms with van der Waals surface area (Å²) >= 11 is 1.86. The quantitative estimate of drug-likeness (QED) is 0.351. The molecular formula is C19H32IN3OS. The molecule has 0 saturated carbocycles. The van der Waals surface area contributed by atoms with Gasteiger partial charge in [0.05, 0.1) is 19.8 Å². The molecule has 0 aromatic heterocycles. The number of aliphatic imine (C=N–C) groups is 1. The fraction of sp³-hybridized carbons (Fsp3) is 0.632. The van der Waals surface area contributed by atoms with Gasteiger partial charge in [-0.05, 0) is 25.2 Å². The number of hydrogen-bond acceptors (Lipinski definition) is 3. The molecule has 1 N–H and O–H groups in total. The SMILES string of the molecule is CCNC(=NCC(C)SC)N1CCC(COCc2ccccc2)C1.I. The third kappa shape index (κ3) is 8.17. The van der Waals surface area contributed by atoms with Crippen LogP contribution < -0.4 is 5.32 Å². The minimum atomic E-state index is 0. The van der Waals surface area contributed by atoms with E-state index in [1.54, 1.807) is 0 Å². The van der Waals surface area contributed by atoms with Crippen molar-refractivity contribution in [1.82, 2.24) is 10.2 Å². The first-order valence-electron chi connectivity index (χ1n) is 8.90. The fourth-order valence-corrected chi connectivity index (χ4v) is 3.02. The number of likely N-dealkylation sites (tertiary alicyclic amines) is 1. The Bertz CT molecular complexity index is 501. The van der Waals surface area contributed by atoms with Crippen molar-refractivity contribution in [2.24, 2.45) is 10.9 Å². The number of rotatable bonds is 8. The fourth-order valence-electron chi connectivity index (χ4n) is 2.79. The predicted molar refractivity (Wildman–Crippen MR) is 120 cm³/mol. The van der Waals surface area contributed by atoms with E-state index < -0.39 is 0 Å². The zero-order valence-corrected chi connectivity index (χ0v) is 18.8. The Morgan fingerprint density at radius 3 is 2.84 bits per heavy atom. The number of ether oxygens (including phenoxy) is 1. The van der Waals surface area contributed by atoms with E-state index in [1.807, 2.05) is 17.8 Å². The van der Waals surface area contributed by atoms with Crippen LogP contribution in [0.5, 0.6) is 0 Å². The molecule has 0 bridgehead atoms. The average Bonchev–Trinajstić information content (AvgIpc) is 3.08. The zero-order valence-electron chi connectivity index (χ0n) is 15.6. The first-order valence-corrected chi connectivity index (χ1v) is 10.2. The number of guanidine groups is 1. The van der Waals surface area contributed by atoms with E-state index in [1.165, 1.54) is 12.0 Å². The summed E-state index contributed by atoms with van der Waals surface area (Å²) in [5.74, 6) is 1.65. The van der Waals surface area contributed by atoms with E-state index in [0.717, 1.165) is 38.7 Å². The smallest absolute Gasteiger partial charge is 0.193 e. The van der Waals surface area contributed by atoms with E-state index in [9.17, 15) is 0 Å². The highest BCUT2D eigenvalue weighted by Gasteiger charge is 2.25. The summed E-state index contributed by atoms with van der Waals surface area (Å²) in [5.41, 5.74) is 1.24. The maximum atomic E-state index is 5.92. The summed E-state index contributed by atoms with van der Waals surface area (Å²) in [6.45, 7) is 9.77. The lowest BCUT2D eigenvalue weighted by Crippen LogP contribution is -2.40. The van der Waals surface area contributed by atoms with E-state index in [4.69, 9.17) is 9.73 Å². The van der Waals surface area contributed by atoms with Crippen molar-refractivity contribution >= 4 is 41.7 Å². The van der Waals surface area contributed by atoms with Gasteiger partial charge in [0.1, 0.15) is 0 Å². The van der Waals surface area contributed by atoms with Gasteiger partial charge < -0.3 is 15.0 Å². The molecule has 2 unspecified atom stereocenters. The molecule has 0 amide bonds. The second-order valence-electron chi connectivity index (χ2n) is 6.34. The Morgan fingerprint density at radius 2 is 2.16 bits per heavy atom. The maximum Gasteiger partial charge on any atom is 0.193 e. The summed E-state index contributed by atoms with van der Waals surface area (Å²) in [6, 6.07) is 10.4. The average molecular weight is 477 g/mol. The third-order valence-electron chi connectivity index (χ3n) is 4.29. The summed E-state index contributed by atoms with van der Waals surface area (Å²) in [5, 5.41) is 3.99. The van der Waals surface area contributed by atoms with Crippen LogP contribution in [0.2, 0.25) is 0 Å². The lowest BCUT2D eigenvalue weighted by Gasteiger charge is -2.22. The van der Waals surface area contributed by atoms with Crippen molar-refractivity contribution < 1.29 is 4.74 Å². The Kier molecular flexibility index (Phi) is 11.6. The molecule has 1 aromatic rings. The molecule has 6 heteroatoms. The molecule has 1 saturated heterocycles. The standard InChI is InChI=1S/C19H31N3OS.HI/c1-4-20-19(21-12-16(2)24-3)22-11-10-18(13-22)15-23-14-17-8-6-5-7-9-17;/h5-9,16,18H,4,10-15H2,1-3H3,(H,20,21);1H. The third-order valence-corrected chi connectivity index (χ3v) is 5.24. The number of nitrogens with one attached hydrogen (secondary N) is 1. The van der Waals surface area contributed by atoms with Gasteiger partial charge in [0.25, 0.3) is 0 Å². The number of hydrogen-bond donors (Lipinski definition) is 1. The number of halogens is 1. The Balaban J connectivity index is 0.00000312. The first kappa shape index (κ1) is 22.6. The molecule has 0 radical (unpaired) electrons. The monoisotopic (exact) mass is 477 g/mol. The number of thioether (sulfide) groups is 1. The Hall–Kier alpha value is -0.470. The molecule has 1 heterocycles. The highest BCUT2D eigenvalue weighted by atomic mass is 127. The molecular weight excluding hydrogens is 445 g/mol. The van der Waals surface area contributed by atoms with E-state index in [0.29, 0.717) is 17.8 Å². The van der Waals surface area contributed by atoms with Crippen LogP contribution in [0.25, 0.3) is 0 Å². The second kappa shape index (κ2) is 12.8. The van der Waals surface area contributed by atoms with Crippen molar-refractivity contribution in [3.63, 3.8) is 0 Å². The lowest BCUT2D eigenvalue weighted by molar-refractivity contribution is 0.0907. The van der Waals surface area contributed by atoms with Gasteiger partial charge in [-0.2, -0.15) is 11.8 Å². The largest absolute Gasteiger partial charge is 0.376 e. The molecule has 25 heavy (non-hydrogen) atoms. The molecule has 2 rings (SSSR count). The summed E-state index contributed by atoms with van der Waals surface area (Å²) in [7, 11) is 0. The van der Waals surface area contributed by atoms with Crippen LogP contribution in [0.3, 0.4) is 0 Å². The van der Waals surface area contributed by atoms with Crippen LogP contribution in [0, 0.1) is 5.92 Å². The zero-order chi connectivity index (χ0) is 17.2. The molecule has 0 aliphatic carbocycles. The van der Waals surface area contributed by atoms with Gasteiger partial charge in [-0.25, -0.2) is 0 Å². The van der Waals surface area contributed by atoms with Crippen molar-refractivity contribution in [3.05, 3.63) is 35.9 Å². The van der Waals surface area contributed by atoms with Gasteiger partial charge in [-0.15, -0.1) is 24.0 Å². The summed E-state index contributed by atoms with van der Waals surface area (Å²) in [6.07, 6.45) is 3.32. The van der Waals surface area contributed by atoms with Crippen LogP contribution in [0.15, 0.2) is 35.3 Å². The van der Waals surface area contributed by atoms with Gasteiger partial charge >= 0.3 is 0 Å². The lowest BCUT2D eigenvalue weighted by atomic mass is 10.1. The van der Waals surface area contributed by atoms with Crippen molar-refractivity contribution in [3.8, 4) is 0 Å². The van der Waals surface area contributed by atoms with Gasteiger partial charge in [0.15, 0.2) is 5.96 Å². The van der Waals surface area contributed by atoms with Crippen molar-refractivity contribution in [2.45, 2.75) is 32.1 Å². The first-order chi connectivity index (χ1) is 11.7. The molecule has 1 aliphatic heterocycles. The Morgan fingerprint density at radius 1 is 1.40 bits per heavy atom. The maximum absolute atomic E-state index is 5.92. The molecule has 142 valence electrons. The van der Waals surface area contributed by atoms with Crippen molar-refractivity contribution in [1.29, 1.82) is 0 Å². The molecule has 4 nitrogen and oxygen atoms in total. The van der Waals surface area contributed by atoms with Crippen LogP contribution in [0.1, 0.15) is 25.8 Å². The van der Waals surface area contributed by atoms with Gasteiger partial charge in [0, 0.05) is 30.8 Å². The van der Waals surface area contributed by atoms with Crippen LogP contribution in [0.4, 0.5) is 0 Å². The summed E-state index contributed by atoms with van der Waals surface area (Å²) < 4.78 is 5.92. The van der Waals surface area contributed by atoms with Crippen LogP contribution >= 0.6 is 35.7 Å². The highest BCUT2D eigenvalue weighted by Crippen LogP contribution is 2.17. The Labute approximate surface area is 174 Å². The van der Waals surface area contributed by atoms with Gasteiger partial charge in [-0.1, -0.05) is 37.3 Å². The number of nitrogens with zero attached hydrogens (tertiary/aromatic N) is 2. The minimum Gasteiger partial charge on any atom is -0.376 e. The second-order valence-corrected chi connectivity index (χ2v) is 7.62. The van der Waals surface area contributed by atoms with E-state index in [2.05, 4.69) is 54.6 Å². The molecule has 1 aliphatic rings. The topological polar surface area (TPSA) is 36.9 Å². The van der Waals surface area contributed by atoms with Gasteiger partial charge in [-0.3, -0.25) is 4.99 Å². The molecule has 2 atom stereocenters. The molecule has 1 aromatic carbocycles. The van der Waals surface area contributed by atoms with Crippen molar-refractivity contribution in [2.75, 3.05) is 39.0 Å². The normalized spacial score (nSPS) is 18.8. The van der Waals surface area contributed by atoms with Crippen LogP contribution in [-0.4, -0.2) is 55.2 Å². The van der Waals surface area contributed by atoms with Crippen LogP contribution in [-0.2, 0) is 11.3 Å².